The lowest BCUT2D eigenvalue weighted by Gasteiger charge is -2.21. The van der Waals surface area contributed by atoms with Crippen LogP contribution < -0.4 is 4.74 Å². The number of esters is 1. The maximum atomic E-state index is 11.2. The highest BCUT2D eigenvalue weighted by Gasteiger charge is 2.29. The lowest BCUT2D eigenvalue weighted by molar-refractivity contribution is -0.152. The Morgan fingerprint density at radius 2 is 2.05 bits per heavy atom. The van der Waals surface area contributed by atoms with Gasteiger partial charge in [0.1, 0.15) is 5.75 Å². The van der Waals surface area contributed by atoms with E-state index in [1.165, 1.54) is 19.9 Å². The third-order valence-electron chi connectivity index (χ3n) is 2.44. The summed E-state index contributed by atoms with van der Waals surface area (Å²) < 4.78 is 10.2. The van der Waals surface area contributed by atoms with Gasteiger partial charge in [0.25, 0.3) is 0 Å². The van der Waals surface area contributed by atoms with Crippen molar-refractivity contribution in [3.05, 3.63) is 35.9 Å². The average Bonchev–Trinajstić information content (AvgIpc) is 2.36. The second-order valence-electron chi connectivity index (χ2n) is 4.58. The van der Waals surface area contributed by atoms with Crippen LogP contribution in [0, 0.1) is 0 Å². The molecule has 1 N–H and O–H groups in total. The molecule has 0 aliphatic carbocycles. The number of hydrogen-bond acceptors (Lipinski definition) is 4. The van der Waals surface area contributed by atoms with Crippen molar-refractivity contribution in [3.63, 3.8) is 0 Å². The molecule has 0 aliphatic rings. The molecule has 0 heterocycles. The van der Waals surface area contributed by atoms with Crippen LogP contribution in [0.2, 0.25) is 0 Å². The Balaban J connectivity index is 2.81. The van der Waals surface area contributed by atoms with Crippen LogP contribution in [0.1, 0.15) is 26.3 Å². The molecule has 5 heteroatoms. The number of ether oxygens (including phenoxy) is 2. The SMILES string of the molecule is CCOC(=O)C=Cc1cccc(OC(C)(C)C(=O)O)c1. The second kappa shape index (κ2) is 6.75. The number of benzene rings is 1. The highest BCUT2D eigenvalue weighted by atomic mass is 16.5. The van der Waals surface area contributed by atoms with Crippen LogP contribution in [0.15, 0.2) is 30.3 Å². The smallest absolute Gasteiger partial charge is 0.347 e. The topological polar surface area (TPSA) is 72.8 Å². The van der Waals surface area contributed by atoms with E-state index in [9.17, 15) is 9.59 Å². The van der Waals surface area contributed by atoms with Crippen LogP contribution in [-0.2, 0) is 14.3 Å². The number of carbonyl (C=O) groups is 2. The number of aliphatic carboxylic acids is 1. The van der Waals surface area contributed by atoms with E-state index < -0.39 is 17.5 Å². The molecule has 0 fully saturated rings. The maximum Gasteiger partial charge on any atom is 0.347 e. The highest BCUT2D eigenvalue weighted by molar-refractivity contribution is 5.87. The second-order valence-corrected chi connectivity index (χ2v) is 4.58. The molecule has 0 aliphatic heterocycles. The number of hydrogen-bond donors (Lipinski definition) is 1. The zero-order chi connectivity index (χ0) is 15.2. The van der Waals surface area contributed by atoms with Gasteiger partial charge in [0.2, 0.25) is 0 Å². The molecule has 0 saturated heterocycles. The molecule has 108 valence electrons. The van der Waals surface area contributed by atoms with Crippen molar-refractivity contribution >= 4 is 18.0 Å². The Labute approximate surface area is 117 Å². The van der Waals surface area contributed by atoms with Gasteiger partial charge in [-0.25, -0.2) is 9.59 Å². The fourth-order valence-electron chi connectivity index (χ4n) is 1.37. The minimum Gasteiger partial charge on any atom is -0.478 e. The van der Waals surface area contributed by atoms with Crippen LogP contribution in [-0.4, -0.2) is 29.3 Å². The van der Waals surface area contributed by atoms with Gasteiger partial charge in [0, 0.05) is 6.08 Å². The summed E-state index contributed by atoms with van der Waals surface area (Å²) in [7, 11) is 0. The quantitative estimate of drug-likeness (QED) is 0.639. The van der Waals surface area contributed by atoms with E-state index >= 15 is 0 Å². The van der Waals surface area contributed by atoms with Crippen molar-refractivity contribution in [2.24, 2.45) is 0 Å². The Morgan fingerprint density at radius 1 is 1.35 bits per heavy atom. The van der Waals surface area contributed by atoms with Crippen molar-refractivity contribution in [2.75, 3.05) is 6.61 Å². The third-order valence-corrected chi connectivity index (χ3v) is 2.44. The van der Waals surface area contributed by atoms with Crippen LogP contribution >= 0.6 is 0 Å². The molecule has 0 atom stereocenters. The van der Waals surface area contributed by atoms with Crippen molar-refractivity contribution in [2.45, 2.75) is 26.4 Å². The Bertz CT molecular complexity index is 517. The zero-order valence-electron chi connectivity index (χ0n) is 11.8. The van der Waals surface area contributed by atoms with E-state index in [4.69, 9.17) is 14.6 Å². The fourth-order valence-corrected chi connectivity index (χ4v) is 1.37. The number of carboxylic acids is 1. The van der Waals surface area contributed by atoms with Crippen molar-refractivity contribution in [3.8, 4) is 5.75 Å². The minimum atomic E-state index is -1.32. The van der Waals surface area contributed by atoms with Crippen LogP contribution in [0.25, 0.3) is 6.08 Å². The predicted octanol–water partition coefficient (Wildman–Crippen LogP) is 2.50. The molecule has 0 aromatic heterocycles. The normalized spacial score (nSPS) is 11.3. The van der Waals surface area contributed by atoms with Gasteiger partial charge in [-0.1, -0.05) is 12.1 Å². The molecule has 0 radical (unpaired) electrons. The molecule has 5 nitrogen and oxygen atoms in total. The average molecular weight is 278 g/mol. The van der Waals surface area contributed by atoms with Gasteiger partial charge >= 0.3 is 11.9 Å². The maximum absolute atomic E-state index is 11.2. The molecule has 0 amide bonds. The minimum absolute atomic E-state index is 0.319. The van der Waals surface area contributed by atoms with Crippen LogP contribution in [0.3, 0.4) is 0 Å². The Hall–Kier alpha value is -2.30. The standard InChI is InChI=1S/C15H18O5/c1-4-19-13(16)9-8-11-6-5-7-12(10-11)20-15(2,3)14(17)18/h5-10H,4H2,1-3H3,(H,17,18). The number of rotatable bonds is 6. The highest BCUT2D eigenvalue weighted by Crippen LogP contribution is 2.20. The lowest BCUT2D eigenvalue weighted by Crippen LogP contribution is -2.37. The first kappa shape index (κ1) is 15.8. The third kappa shape index (κ3) is 4.76. The largest absolute Gasteiger partial charge is 0.478 e. The van der Waals surface area contributed by atoms with E-state index in [1.807, 2.05) is 0 Å². The summed E-state index contributed by atoms with van der Waals surface area (Å²) in [5, 5.41) is 9.01. The van der Waals surface area contributed by atoms with Gasteiger partial charge < -0.3 is 14.6 Å². The summed E-state index contributed by atoms with van der Waals surface area (Å²) in [6, 6.07) is 6.81. The monoisotopic (exact) mass is 278 g/mol. The molecule has 1 aromatic rings. The Morgan fingerprint density at radius 3 is 2.65 bits per heavy atom. The first-order valence-electron chi connectivity index (χ1n) is 6.22. The zero-order valence-corrected chi connectivity index (χ0v) is 11.8. The van der Waals surface area contributed by atoms with E-state index in [2.05, 4.69) is 0 Å². The number of carbonyl (C=O) groups excluding carboxylic acids is 1. The van der Waals surface area contributed by atoms with E-state index in [1.54, 1.807) is 37.3 Å². The predicted molar refractivity (Wildman–Crippen MR) is 74.5 cm³/mol. The summed E-state index contributed by atoms with van der Waals surface area (Å²) >= 11 is 0. The van der Waals surface area contributed by atoms with Gasteiger partial charge in [-0.2, -0.15) is 0 Å². The lowest BCUT2D eigenvalue weighted by atomic mass is 10.1. The summed E-state index contributed by atoms with van der Waals surface area (Å²) in [6.07, 6.45) is 2.89. The van der Waals surface area contributed by atoms with Crippen molar-refractivity contribution < 1.29 is 24.2 Å². The van der Waals surface area contributed by atoms with Gasteiger partial charge in [-0.3, -0.25) is 0 Å². The fraction of sp³-hybridized carbons (Fsp3) is 0.333. The van der Waals surface area contributed by atoms with E-state index in [-0.39, 0.29) is 0 Å². The first-order valence-corrected chi connectivity index (χ1v) is 6.22. The van der Waals surface area contributed by atoms with Crippen LogP contribution in [0.5, 0.6) is 5.75 Å². The van der Waals surface area contributed by atoms with Gasteiger partial charge in [0.05, 0.1) is 6.61 Å². The molecule has 0 unspecified atom stereocenters. The molecular formula is C15H18O5. The molecule has 1 rings (SSSR count). The van der Waals surface area contributed by atoms with Gasteiger partial charge in [-0.15, -0.1) is 0 Å². The molecule has 0 saturated carbocycles. The number of carboxylic acid groups (broad SMARTS) is 1. The molecule has 1 aromatic carbocycles. The summed E-state index contributed by atoms with van der Waals surface area (Å²) in [5.74, 6) is -1.06. The van der Waals surface area contributed by atoms with Crippen LogP contribution in [0.4, 0.5) is 0 Å². The van der Waals surface area contributed by atoms with Crippen molar-refractivity contribution in [1.29, 1.82) is 0 Å². The first-order chi connectivity index (χ1) is 9.35. The van der Waals surface area contributed by atoms with E-state index in [0.29, 0.717) is 12.4 Å². The molecule has 20 heavy (non-hydrogen) atoms. The van der Waals surface area contributed by atoms with Gasteiger partial charge in [0.15, 0.2) is 5.60 Å². The van der Waals surface area contributed by atoms with Crippen molar-refractivity contribution in [1.82, 2.24) is 0 Å². The molecule has 0 bridgehead atoms. The van der Waals surface area contributed by atoms with Gasteiger partial charge in [-0.05, 0) is 44.5 Å². The molecular weight excluding hydrogens is 260 g/mol. The molecule has 0 spiro atoms. The summed E-state index contributed by atoms with van der Waals surface area (Å²) in [4.78, 5) is 22.2. The summed E-state index contributed by atoms with van der Waals surface area (Å²) in [5.41, 5.74) is -0.597. The van der Waals surface area contributed by atoms with E-state index in [0.717, 1.165) is 5.56 Å². The Kier molecular flexibility index (Phi) is 5.32. The summed E-state index contributed by atoms with van der Waals surface area (Å²) in [6.45, 7) is 4.99.